The number of esters is 1. The lowest BCUT2D eigenvalue weighted by Gasteiger charge is -2.01. The number of fused-ring (bicyclic) bond motifs is 1. The van der Waals surface area contributed by atoms with Gasteiger partial charge in [0.1, 0.15) is 11.8 Å². The minimum absolute atomic E-state index is 0.0290. The number of hydrogen-bond donors (Lipinski definition) is 0. The van der Waals surface area contributed by atoms with E-state index in [4.69, 9.17) is 16.3 Å². The Hall–Kier alpha value is -2.54. The van der Waals surface area contributed by atoms with Gasteiger partial charge in [0.25, 0.3) is 11.6 Å². The highest BCUT2D eigenvalue weighted by atomic mass is 35.5. The van der Waals surface area contributed by atoms with Crippen molar-refractivity contribution in [3.8, 4) is 0 Å². The molecular weight excluding hydrogens is 294 g/mol. The molecule has 0 bridgehead atoms. The van der Waals surface area contributed by atoms with E-state index in [-0.39, 0.29) is 12.4 Å². The third-order valence-electron chi connectivity index (χ3n) is 2.77. The normalized spacial score (nSPS) is 10.8. The van der Waals surface area contributed by atoms with E-state index in [2.05, 4.69) is 20.1 Å². The molecule has 0 aromatic carbocycles. The van der Waals surface area contributed by atoms with Gasteiger partial charge in [-0.15, -0.1) is 5.10 Å². The van der Waals surface area contributed by atoms with Gasteiger partial charge in [0.2, 0.25) is 0 Å². The third kappa shape index (κ3) is 2.82. The second-order valence-corrected chi connectivity index (χ2v) is 4.69. The van der Waals surface area contributed by atoms with Crippen LogP contribution < -0.4 is 0 Å². The molecule has 3 heterocycles. The van der Waals surface area contributed by atoms with E-state index in [1.54, 1.807) is 30.6 Å². The molecule has 0 amide bonds. The molecule has 0 unspecified atom stereocenters. The average Bonchev–Trinajstić information content (AvgIpc) is 2.92. The van der Waals surface area contributed by atoms with Gasteiger partial charge in [-0.1, -0.05) is 17.7 Å². The summed E-state index contributed by atoms with van der Waals surface area (Å²) in [5.41, 5.74) is 1.55. The first-order valence-electron chi connectivity index (χ1n) is 6.09. The van der Waals surface area contributed by atoms with Crippen LogP contribution >= 0.6 is 11.6 Å². The van der Waals surface area contributed by atoms with Gasteiger partial charge in [0.05, 0.1) is 0 Å². The molecule has 3 aromatic rings. The molecule has 0 aliphatic heterocycles. The summed E-state index contributed by atoms with van der Waals surface area (Å²) in [5.74, 6) is -0.288. The number of aryl methyl sites for hydroxylation is 1. The summed E-state index contributed by atoms with van der Waals surface area (Å²) in [7, 11) is 0. The molecule has 3 rings (SSSR count). The van der Waals surface area contributed by atoms with Crippen molar-refractivity contribution in [2.45, 2.75) is 13.5 Å². The highest BCUT2D eigenvalue weighted by molar-refractivity contribution is 6.29. The molecule has 7 nitrogen and oxygen atoms in total. The first-order valence-corrected chi connectivity index (χ1v) is 6.47. The standard InChI is InChI=1S/C13H10ClN5O2/c1-8-4-5-15-13-17-11(18-19(8)13)12(20)21-7-9-2-3-10(14)16-6-9/h2-6H,7H2,1H3. The first-order chi connectivity index (χ1) is 10.1. The fourth-order valence-corrected chi connectivity index (χ4v) is 1.81. The van der Waals surface area contributed by atoms with E-state index >= 15 is 0 Å². The summed E-state index contributed by atoms with van der Waals surface area (Å²) >= 11 is 5.68. The van der Waals surface area contributed by atoms with Crippen LogP contribution in [0, 0.1) is 6.92 Å². The van der Waals surface area contributed by atoms with E-state index in [1.165, 1.54) is 4.52 Å². The Morgan fingerprint density at radius 1 is 1.33 bits per heavy atom. The molecule has 0 aliphatic carbocycles. The van der Waals surface area contributed by atoms with Gasteiger partial charge in [-0.25, -0.2) is 19.3 Å². The third-order valence-corrected chi connectivity index (χ3v) is 2.99. The molecular formula is C13H10ClN5O2. The number of rotatable bonds is 3. The number of ether oxygens (including phenoxy) is 1. The van der Waals surface area contributed by atoms with Gasteiger partial charge in [0.15, 0.2) is 0 Å². The molecule has 3 aromatic heterocycles. The second-order valence-electron chi connectivity index (χ2n) is 4.30. The summed E-state index contributed by atoms with van der Waals surface area (Å²) in [5, 5.41) is 4.45. The topological polar surface area (TPSA) is 82.3 Å². The summed E-state index contributed by atoms with van der Waals surface area (Å²) < 4.78 is 6.62. The Bertz CT molecular complexity index is 800. The Kier molecular flexibility index (Phi) is 3.49. The van der Waals surface area contributed by atoms with Crippen LogP contribution in [0.15, 0.2) is 30.6 Å². The molecule has 0 N–H and O–H groups in total. The lowest BCUT2D eigenvalue weighted by molar-refractivity contribution is 0.0458. The Morgan fingerprint density at radius 3 is 2.90 bits per heavy atom. The van der Waals surface area contributed by atoms with Crippen molar-refractivity contribution >= 4 is 23.3 Å². The van der Waals surface area contributed by atoms with Crippen LogP contribution in [0.25, 0.3) is 5.78 Å². The second kappa shape index (κ2) is 5.45. The summed E-state index contributed by atoms with van der Waals surface area (Å²) in [6.45, 7) is 1.92. The molecule has 0 saturated carbocycles. The van der Waals surface area contributed by atoms with Crippen molar-refractivity contribution in [1.82, 2.24) is 24.6 Å². The van der Waals surface area contributed by atoms with Crippen LogP contribution in [0.1, 0.15) is 21.9 Å². The Morgan fingerprint density at radius 2 is 2.19 bits per heavy atom. The van der Waals surface area contributed by atoms with Crippen molar-refractivity contribution in [3.63, 3.8) is 0 Å². The predicted octanol–water partition coefficient (Wildman–Crippen LogP) is 1.84. The molecule has 0 spiro atoms. The lowest BCUT2D eigenvalue weighted by atomic mass is 10.3. The molecule has 0 aliphatic rings. The number of aromatic nitrogens is 5. The molecule has 106 valence electrons. The van der Waals surface area contributed by atoms with Crippen LogP contribution in [0.3, 0.4) is 0 Å². The van der Waals surface area contributed by atoms with E-state index in [0.717, 1.165) is 11.3 Å². The largest absolute Gasteiger partial charge is 0.455 e. The lowest BCUT2D eigenvalue weighted by Crippen LogP contribution is -2.08. The smallest absolute Gasteiger partial charge is 0.378 e. The van der Waals surface area contributed by atoms with Crippen LogP contribution in [0.2, 0.25) is 5.15 Å². The number of pyridine rings is 1. The van der Waals surface area contributed by atoms with Crippen LogP contribution in [0.5, 0.6) is 0 Å². The molecule has 0 fully saturated rings. The van der Waals surface area contributed by atoms with Crippen LogP contribution in [-0.4, -0.2) is 30.5 Å². The van der Waals surface area contributed by atoms with Crippen molar-refractivity contribution in [2.24, 2.45) is 0 Å². The van der Waals surface area contributed by atoms with Crippen molar-refractivity contribution in [3.05, 3.63) is 52.8 Å². The summed E-state index contributed by atoms with van der Waals surface area (Å²) in [6.07, 6.45) is 3.15. The van der Waals surface area contributed by atoms with E-state index in [1.807, 2.05) is 6.92 Å². The molecule has 8 heteroatoms. The molecule has 0 atom stereocenters. The first kappa shape index (κ1) is 13.4. The minimum atomic E-state index is -0.616. The van der Waals surface area contributed by atoms with E-state index in [9.17, 15) is 4.79 Å². The van der Waals surface area contributed by atoms with Gasteiger partial charge in [-0.3, -0.25) is 0 Å². The monoisotopic (exact) mass is 303 g/mol. The maximum absolute atomic E-state index is 11.9. The van der Waals surface area contributed by atoms with Crippen molar-refractivity contribution < 1.29 is 9.53 Å². The SMILES string of the molecule is Cc1ccnc2nc(C(=O)OCc3ccc(Cl)nc3)nn12. The van der Waals surface area contributed by atoms with Gasteiger partial charge in [-0.05, 0) is 19.1 Å². The fraction of sp³-hybridized carbons (Fsp3) is 0.154. The number of nitrogens with zero attached hydrogens (tertiary/aromatic N) is 5. The van der Waals surface area contributed by atoms with Gasteiger partial charge < -0.3 is 4.74 Å². The van der Waals surface area contributed by atoms with Crippen LogP contribution in [0.4, 0.5) is 0 Å². The molecule has 0 saturated heterocycles. The Balaban J connectivity index is 1.75. The van der Waals surface area contributed by atoms with Gasteiger partial charge in [0, 0.05) is 23.7 Å². The van der Waals surface area contributed by atoms with E-state index < -0.39 is 5.97 Å². The number of carbonyl (C=O) groups excluding carboxylic acids is 1. The van der Waals surface area contributed by atoms with Gasteiger partial charge >= 0.3 is 5.97 Å². The fourth-order valence-electron chi connectivity index (χ4n) is 1.70. The van der Waals surface area contributed by atoms with Crippen molar-refractivity contribution in [1.29, 1.82) is 0 Å². The maximum Gasteiger partial charge on any atom is 0.378 e. The Labute approximate surface area is 124 Å². The van der Waals surface area contributed by atoms with E-state index in [0.29, 0.717) is 10.9 Å². The maximum atomic E-state index is 11.9. The predicted molar refractivity (Wildman–Crippen MR) is 73.9 cm³/mol. The zero-order chi connectivity index (χ0) is 14.8. The zero-order valence-corrected chi connectivity index (χ0v) is 11.8. The number of hydrogen-bond acceptors (Lipinski definition) is 6. The van der Waals surface area contributed by atoms with Crippen LogP contribution in [-0.2, 0) is 11.3 Å². The van der Waals surface area contributed by atoms with Crippen molar-refractivity contribution in [2.75, 3.05) is 0 Å². The molecule has 0 radical (unpaired) electrons. The summed E-state index contributed by atoms with van der Waals surface area (Å²) in [4.78, 5) is 23.9. The number of halogens is 1. The minimum Gasteiger partial charge on any atom is -0.455 e. The highest BCUT2D eigenvalue weighted by Gasteiger charge is 2.15. The highest BCUT2D eigenvalue weighted by Crippen LogP contribution is 2.08. The quantitative estimate of drug-likeness (QED) is 0.542. The van der Waals surface area contributed by atoms with Gasteiger partial charge in [-0.2, -0.15) is 4.98 Å². The summed E-state index contributed by atoms with van der Waals surface area (Å²) in [6, 6.07) is 5.13. The number of carbonyl (C=O) groups is 1. The average molecular weight is 304 g/mol. The molecule has 21 heavy (non-hydrogen) atoms. The zero-order valence-electron chi connectivity index (χ0n) is 11.0.